The zero-order chi connectivity index (χ0) is 51.8. The summed E-state index contributed by atoms with van der Waals surface area (Å²) in [5, 5.41) is 23.9. The van der Waals surface area contributed by atoms with E-state index in [1.807, 2.05) is 19.1 Å². The SMILES string of the molecule is CCCCc1ccc(-c2ccc(C(=O)N[C@H](CO)C(=O)N[C@H](N)C(=O)NCC(=O)N(C)[C@H](C(=O)N[C@@H](N)C(=O)N[C@@H](CC(N)=O)C(=O)N[C@@H](N)B3OC4C[C@@H]5C[C@@H](C5(C)C)[C@]4(C)O3)C(C)C)cc2)cc1. The normalized spacial score (nSPS) is 22.3. The van der Waals surface area contributed by atoms with Gasteiger partial charge in [-0.1, -0.05) is 77.4 Å². The molecule has 2 aromatic carbocycles. The fourth-order valence-electron chi connectivity index (χ4n) is 9.65. The number of aliphatic hydroxyl groups excluding tert-OH is 1. The molecule has 382 valence electrons. The molecule has 0 spiro atoms. The number of likely N-dealkylation sites (N-methyl/N-ethyl adjacent to an activating group) is 1. The van der Waals surface area contributed by atoms with Crippen LogP contribution in [0.15, 0.2) is 48.5 Å². The van der Waals surface area contributed by atoms with Crippen molar-refractivity contribution in [3.8, 4) is 11.1 Å². The van der Waals surface area contributed by atoms with Gasteiger partial charge in [-0.15, -0.1) is 0 Å². The van der Waals surface area contributed by atoms with Crippen LogP contribution < -0.4 is 54.8 Å². The number of primary amides is 1. The third-order valence-corrected chi connectivity index (χ3v) is 14.0. The fourth-order valence-corrected chi connectivity index (χ4v) is 9.65. The highest BCUT2D eigenvalue weighted by Crippen LogP contribution is 2.65. The highest BCUT2D eigenvalue weighted by Gasteiger charge is 2.68. The summed E-state index contributed by atoms with van der Waals surface area (Å²) < 4.78 is 12.4. The molecule has 1 unspecified atom stereocenters. The van der Waals surface area contributed by atoms with Crippen LogP contribution in [0.25, 0.3) is 11.1 Å². The lowest BCUT2D eigenvalue weighted by Crippen LogP contribution is -2.65. The molecule has 3 saturated carbocycles. The Bertz CT molecular complexity index is 2250. The number of nitrogens with two attached hydrogens (primary N) is 4. The smallest absolute Gasteiger partial charge is 0.403 e. The molecular formula is C47H70BN11O11. The standard InChI is InChI=1S/C47H70BN11O11/c1-8-9-10-25-11-13-26(14-12-25)27-15-17-28(18-16-27)39(63)55-31(23-60)41(65)56-37(50)43(67)53-22-35(62)59(7)36(24(2)3)42(66)57-38(51)44(68)54-30(21-34(49)61)40(64)58-45(52)48-69-33-20-29-19-32(46(29,4)5)47(33,6)70-48/h11-18,24,29-33,36-38,45,60H,8-10,19-23,50-52H2,1-7H3,(H2,49,61)(H,53,67)(H,54,68)(H,55,63)(H,56,65)(H,57,66)(H,58,64)/t29-,30-,31+,32-,33?,36-,37-,38+,45+,47-/m0/s1. The van der Waals surface area contributed by atoms with Crippen LogP contribution >= 0.6 is 0 Å². The quantitative estimate of drug-likeness (QED) is 0.0433. The maximum Gasteiger partial charge on any atom is 0.497 e. The third kappa shape index (κ3) is 12.9. The van der Waals surface area contributed by atoms with Gasteiger partial charge in [-0.2, -0.15) is 0 Å². The summed E-state index contributed by atoms with van der Waals surface area (Å²) in [7, 11) is 0.261. The van der Waals surface area contributed by atoms with Crippen molar-refractivity contribution in [2.75, 3.05) is 20.2 Å². The number of unbranched alkanes of at least 4 members (excludes halogenated alkanes) is 1. The minimum atomic E-state index is -1.79. The van der Waals surface area contributed by atoms with Gasteiger partial charge in [-0.25, -0.2) is 0 Å². The van der Waals surface area contributed by atoms with Crippen molar-refractivity contribution in [1.29, 1.82) is 0 Å². The van der Waals surface area contributed by atoms with E-state index >= 15 is 0 Å². The lowest BCUT2D eigenvalue weighted by molar-refractivity contribution is -0.199. The van der Waals surface area contributed by atoms with Crippen LogP contribution in [-0.2, 0) is 49.3 Å². The summed E-state index contributed by atoms with van der Waals surface area (Å²) in [6.07, 6.45) is 0.579. The number of hydrogen-bond acceptors (Lipinski definition) is 14. The van der Waals surface area contributed by atoms with Crippen LogP contribution in [0.2, 0.25) is 0 Å². The Kier molecular flexibility index (Phi) is 18.3. The molecule has 8 amide bonds. The molecule has 0 radical (unpaired) electrons. The Labute approximate surface area is 408 Å². The molecule has 4 aliphatic rings. The number of hydrogen-bond donors (Lipinski definition) is 11. The van der Waals surface area contributed by atoms with Crippen molar-refractivity contribution in [3.63, 3.8) is 0 Å². The zero-order valence-electron chi connectivity index (χ0n) is 40.9. The number of aryl methyl sites for hydroxylation is 1. The highest BCUT2D eigenvalue weighted by atomic mass is 16.7. The van der Waals surface area contributed by atoms with Gasteiger partial charge in [0.2, 0.25) is 29.5 Å². The van der Waals surface area contributed by atoms with Crippen LogP contribution in [0.3, 0.4) is 0 Å². The third-order valence-electron chi connectivity index (χ3n) is 14.0. The second-order valence-corrected chi connectivity index (χ2v) is 19.6. The molecule has 1 saturated heterocycles. The molecule has 10 atom stereocenters. The molecule has 1 aliphatic heterocycles. The lowest BCUT2D eigenvalue weighted by atomic mass is 9.43. The summed E-state index contributed by atoms with van der Waals surface area (Å²) in [5.41, 5.74) is 26.3. The molecule has 15 N–H and O–H groups in total. The molecule has 3 aliphatic carbocycles. The van der Waals surface area contributed by atoms with E-state index in [1.54, 1.807) is 38.1 Å². The first kappa shape index (κ1) is 55.0. The number of benzene rings is 2. The highest BCUT2D eigenvalue weighted by molar-refractivity contribution is 6.47. The summed E-state index contributed by atoms with van der Waals surface area (Å²) in [6, 6.07) is 9.33. The average Bonchev–Trinajstić information content (AvgIpc) is 3.68. The minimum Gasteiger partial charge on any atom is -0.403 e. The van der Waals surface area contributed by atoms with Crippen molar-refractivity contribution in [2.45, 2.75) is 128 Å². The maximum absolute atomic E-state index is 13.5. The molecule has 2 aromatic rings. The summed E-state index contributed by atoms with van der Waals surface area (Å²) in [6.45, 7) is 10.2. The van der Waals surface area contributed by atoms with E-state index in [0.717, 1.165) is 48.1 Å². The zero-order valence-corrected chi connectivity index (χ0v) is 40.9. The number of amides is 8. The molecule has 70 heavy (non-hydrogen) atoms. The number of carbonyl (C=O) groups is 8. The summed E-state index contributed by atoms with van der Waals surface area (Å²) in [5.74, 6) is -7.10. The van der Waals surface area contributed by atoms with E-state index in [4.69, 9.17) is 32.2 Å². The maximum atomic E-state index is 13.5. The second-order valence-electron chi connectivity index (χ2n) is 19.6. The van der Waals surface area contributed by atoms with E-state index in [0.29, 0.717) is 5.92 Å². The van der Waals surface area contributed by atoms with Gasteiger partial charge in [0.15, 0.2) is 12.3 Å². The first-order valence-corrected chi connectivity index (χ1v) is 23.7. The van der Waals surface area contributed by atoms with Crippen LogP contribution in [0.4, 0.5) is 0 Å². The van der Waals surface area contributed by atoms with Gasteiger partial charge >= 0.3 is 7.12 Å². The number of aliphatic hydroxyl groups is 1. The molecule has 23 heteroatoms. The van der Waals surface area contributed by atoms with Gasteiger partial charge in [0.25, 0.3) is 17.7 Å². The van der Waals surface area contributed by atoms with Crippen LogP contribution in [0, 0.1) is 23.2 Å². The van der Waals surface area contributed by atoms with Gasteiger partial charge in [0, 0.05) is 12.6 Å². The van der Waals surface area contributed by atoms with Gasteiger partial charge in [0.1, 0.15) is 24.2 Å². The first-order chi connectivity index (χ1) is 32.9. The summed E-state index contributed by atoms with van der Waals surface area (Å²) in [4.78, 5) is 105. The van der Waals surface area contributed by atoms with Gasteiger partial charge in [-0.05, 0) is 84.6 Å². The van der Waals surface area contributed by atoms with Gasteiger partial charge < -0.3 is 74.2 Å². The lowest BCUT2D eigenvalue weighted by Gasteiger charge is -2.64. The molecule has 2 bridgehead atoms. The number of rotatable bonds is 23. The van der Waals surface area contributed by atoms with E-state index in [-0.39, 0.29) is 23.0 Å². The summed E-state index contributed by atoms with van der Waals surface area (Å²) >= 11 is 0. The Morgan fingerprint density at radius 3 is 1.94 bits per heavy atom. The Morgan fingerprint density at radius 1 is 0.786 bits per heavy atom. The van der Waals surface area contributed by atoms with Crippen molar-refractivity contribution < 1.29 is 52.8 Å². The van der Waals surface area contributed by atoms with Crippen LogP contribution in [0.5, 0.6) is 0 Å². The number of nitrogens with zero attached hydrogens (tertiary/aromatic N) is 1. The molecule has 1 heterocycles. The first-order valence-electron chi connectivity index (χ1n) is 23.7. The van der Waals surface area contributed by atoms with Crippen LogP contribution in [-0.4, -0.2) is 133 Å². The van der Waals surface area contributed by atoms with E-state index in [1.165, 1.54) is 12.6 Å². The Morgan fingerprint density at radius 2 is 1.37 bits per heavy atom. The fraction of sp³-hybridized carbons (Fsp3) is 0.574. The Hall–Kier alpha value is -5.98. The monoisotopic (exact) mass is 976 g/mol. The molecule has 4 fully saturated rings. The van der Waals surface area contributed by atoms with Crippen LogP contribution in [0.1, 0.15) is 89.6 Å². The van der Waals surface area contributed by atoms with Crippen molar-refractivity contribution in [1.82, 2.24) is 36.8 Å². The topological polar surface area (TPSA) is 355 Å². The van der Waals surface area contributed by atoms with Crippen molar-refractivity contribution >= 4 is 54.4 Å². The predicted octanol–water partition coefficient (Wildman–Crippen LogP) is -1.78. The largest absolute Gasteiger partial charge is 0.497 e. The van der Waals surface area contributed by atoms with E-state index < -0.39 is 122 Å². The van der Waals surface area contributed by atoms with Gasteiger partial charge in [-0.3, -0.25) is 38.4 Å². The molecule has 6 rings (SSSR count). The molecule has 0 aromatic heterocycles. The predicted molar refractivity (Wildman–Crippen MR) is 257 cm³/mol. The minimum absolute atomic E-state index is 0.0608. The number of carbonyl (C=O) groups excluding carboxylic acids is 8. The van der Waals surface area contributed by atoms with Gasteiger partial charge in [0.05, 0.1) is 31.3 Å². The molecule has 22 nitrogen and oxygen atoms in total. The van der Waals surface area contributed by atoms with Crippen molar-refractivity contribution in [2.24, 2.45) is 46.1 Å². The van der Waals surface area contributed by atoms with E-state index in [2.05, 4.69) is 64.8 Å². The Balaban J connectivity index is 1.07. The molecular weight excluding hydrogens is 905 g/mol. The number of nitrogens with one attached hydrogen (secondary N) is 6. The van der Waals surface area contributed by atoms with Crippen molar-refractivity contribution in [3.05, 3.63) is 59.7 Å². The average molecular weight is 976 g/mol. The van der Waals surface area contributed by atoms with E-state index in [9.17, 15) is 43.5 Å². The second kappa shape index (κ2) is 23.3.